The molecule has 1 saturated heterocycles. The first-order valence-electron chi connectivity index (χ1n) is 13.3. The molecule has 1 aliphatic heterocycles. The molecule has 1 amide bonds. The molecule has 0 bridgehead atoms. The molecule has 208 valence electrons. The quantitative estimate of drug-likeness (QED) is 0.172. The van der Waals surface area contributed by atoms with Gasteiger partial charge in [-0.05, 0) is 66.8 Å². The van der Waals surface area contributed by atoms with Crippen molar-refractivity contribution in [1.29, 1.82) is 0 Å². The second-order valence-corrected chi connectivity index (χ2v) is 10.5. The number of aromatic nitrogens is 1. The number of ether oxygens (including phenoxy) is 2. The van der Waals surface area contributed by atoms with E-state index in [4.69, 9.17) is 9.47 Å². The Morgan fingerprint density at radius 1 is 1.00 bits per heavy atom. The SMILES string of the molecule is CCOC(=O)c1ccc(CN2C(=O)C(=O)/C(=C(\O)c3ccc(OCC)c(C(C)(C)C)c3)C2c2cccnc2)cc1. The highest BCUT2D eigenvalue weighted by molar-refractivity contribution is 6.46. The van der Waals surface area contributed by atoms with Crippen LogP contribution >= 0.6 is 0 Å². The average molecular weight is 543 g/mol. The number of aliphatic hydroxyl groups is 1. The molecule has 0 radical (unpaired) electrons. The van der Waals surface area contributed by atoms with E-state index in [0.29, 0.717) is 34.6 Å². The predicted octanol–water partition coefficient (Wildman–Crippen LogP) is 5.58. The number of rotatable bonds is 8. The van der Waals surface area contributed by atoms with Crippen LogP contribution in [0.2, 0.25) is 0 Å². The third-order valence-corrected chi connectivity index (χ3v) is 6.72. The van der Waals surface area contributed by atoms with Crippen molar-refractivity contribution in [3.8, 4) is 5.75 Å². The summed E-state index contributed by atoms with van der Waals surface area (Å²) >= 11 is 0. The van der Waals surface area contributed by atoms with Crippen molar-refractivity contribution in [3.63, 3.8) is 0 Å². The van der Waals surface area contributed by atoms with Crippen LogP contribution in [0.25, 0.3) is 5.76 Å². The maximum absolute atomic E-state index is 13.5. The van der Waals surface area contributed by atoms with Gasteiger partial charge in [-0.1, -0.05) is 39.0 Å². The minimum absolute atomic E-state index is 0.00911. The van der Waals surface area contributed by atoms with Crippen LogP contribution in [-0.4, -0.2) is 45.9 Å². The number of carbonyl (C=O) groups excluding carboxylic acids is 3. The van der Waals surface area contributed by atoms with Crippen molar-refractivity contribution >= 4 is 23.4 Å². The number of ketones is 1. The fraction of sp³-hybridized carbons (Fsp3) is 0.312. The number of amides is 1. The second-order valence-electron chi connectivity index (χ2n) is 10.5. The molecule has 0 saturated carbocycles. The zero-order valence-corrected chi connectivity index (χ0v) is 23.4. The van der Waals surface area contributed by atoms with Gasteiger partial charge in [0, 0.05) is 30.1 Å². The number of nitrogens with zero attached hydrogens (tertiary/aromatic N) is 2. The Bertz CT molecular complexity index is 1440. The van der Waals surface area contributed by atoms with Gasteiger partial charge in [-0.25, -0.2) is 4.79 Å². The summed E-state index contributed by atoms with van der Waals surface area (Å²) in [5.74, 6) is -1.51. The van der Waals surface area contributed by atoms with Crippen molar-refractivity contribution in [3.05, 3.63) is 100 Å². The van der Waals surface area contributed by atoms with Gasteiger partial charge < -0.3 is 19.5 Å². The van der Waals surface area contributed by atoms with Gasteiger partial charge in [-0.3, -0.25) is 14.6 Å². The zero-order chi connectivity index (χ0) is 29.0. The van der Waals surface area contributed by atoms with Crippen LogP contribution in [0.3, 0.4) is 0 Å². The number of pyridine rings is 1. The molecule has 8 heteroatoms. The molecule has 2 aromatic carbocycles. The Hall–Kier alpha value is -4.46. The summed E-state index contributed by atoms with van der Waals surface area (Å²) in [5, 5.41) is 11.6. The first-order chi connectivity index (χ1) is 19.1. The first kappa shape index (κ1) is 28.5. The standard InChI is InChI=1S/C32H34N2O6/c1-6-39-25-15-14-22(17-24(25)32(3,4)5)28(35)26-27(23-9-8-16-33-18-23)34(30(37)29(26)36)19-20-10-12-21(13-11-20)31(38)40-7-2/h8-18,27,35H,6-7,19H2,1-5H3/b28-26-. The number of likely N-dealkylation sites (tertiary alicyclic amines) is 1. The normalized spacial score (nSPS) is 16.7. The minimum atomic E-state index is -0.858. The number of esters is 1. The maximum atomic E-state index is 13.5. The summed E-state index contributed by atoms with van der Waals surface area (Å²) in [6.45, 7) is 10.6. The van der Waals surface area contributed by atoms with E-state index < -0.39 is 23.7 Å². The lowest BCUT2D eigenvalue weighted by atomic mass is 9.84. The molecule has 1 fully saturated rings. The number of benzene rings is 2. The van der Waals surface area contributed by atoms with Gasteiger partial charge in [0.15, 0.2) is 0 Å². The molecular formula is C32H34N2O6. The summed E-state index contributed by atoms with van der Waals surface area (Å²) in [6, 6.07) is 14.6. The van der Waals surface area contributed by atoms with Crippen LogP contribution < -0.4 is 4.74 Å². The molecule has 1 atom stereocenters. The Morgan fingerprint density at radius 2 is 1.70 bits per heavy atom. The third kappa shape index (κ3) is 5.76. The molecule has 1 unspecified atom stereocenters. The fourth-order valence-corrected chi connectivity index (χ4v) is 4.78. The molecule has 40 heavy (non-hydrogen) atoms. The van der Waals surface area contributed by atoms with Crippen molar-refractivity contribution in [2.75, 3.05) is 13.2 Å². The lowest BCUT2D eigenvalue weighted by Crippen LogP contribution is -2.29. The molecule has 1 aromatic heterocycles. The van der Waals surface area contributed by atoms with Gasteiger partial charge in [0.2, 0.25) is 0 Å². The monoisotopic (exact) mass is 542 g/mol. The van der Waals surface area contributed by atoms with E-state index in [9.17, 15) is 19.5 Å². The van der Waals surface area contributed by atoms with Crippen LogP contribution in [0, 0.1) is 0 Å². The van der Waals surface area contributed by atoms with E-state index in [-0.39, 0.29) is 29.9 Å². The van der Waals surface area contributed by atoms with Crippen LogP contribution in [-0.2, 0) is 26.3 Å². The molecule has 2 heterocycles. The van der Waals surface area contributed by atoms with Crippen LogP contribution in [0.5, 0.6) is 5.75 Å². The van der Waals surface area contributed by atoms with Crippen LogP contribution in [0.15, 0.2) is 72.6 Å². The molecule has 4 rings (SSSR count). The molecule has 0 spiro atoms. The Balaban J connectivity index is 1.79. The number of hydrogen-bond acceptors (Lipinski definition) is 7. The van der Waals surface area contributed by atoms with Crippen LogP contribution in [0.1, 0.15) is 73.3 Å². The van der Waals surface area contributed by atoms with E-state index in [1.54, 1.807) is 67.8 Å². The smallest absolute Gasteiger partial charge is 0.338 e. The van der Waals surface area contributed by atoms with Crippen LogP contribution in [0.4, 0.5) is 0 Å². The van der Waals surface area contributed by atoms with E-state index in [0.717, 1.165) is 5.56 Å². The summed E-state index contributed by atoms with van der Waals surface area (Å²) in [4.78, 5) is 44.5. The van der Waals surface area contributed by atoms with Gasteiger partial charge in [0.05, 0.1) is 30.4 Å². The number of aliphatic hydroxyl groups excluding tert-OH is 1. The fourth-order valence-electron chi connectivity index (χ4n) is 4.78. The van der Waals surface area contributed by atoms with Crippen molar-refractivity contribution in [2.45, 2.75) is 52.6 Å². The van der Waals surface area contributed by atoms with E-state index >= 15 is 0 Å². The lowest BCUT2D eigenvalue weighted by Gasteiger charge is -2.26. The molecule has 0 aliphatic carbocycles. The van der Waals surface area contributed by atoms with Gasteiger partial charge in [0.25, 0.3) is 11.7 Å². The Morgan fingerprint density at radius 3 is 2.30 bits per heavy atom. The van der Waals surface area contributed by atoms with Gasteiger partial charge in [-0.15, -0.1) is 0 Å². The summed E-state index contributed by atoms with van der Waals surface area (Å²) in [6.07, 6.45) is 3.19. The molecular weight excluding hydrogens is 508 g/mol. The lowest BCUT2D eigenvalue weighted by molar-refractivity contribution is -0.140. The number of carbonyl (C=O) groups is 3. The molecule has 1 N–H and O–H groups in total. The maximum Gasteiger partial charge on any atom is 0.338 e. The van der Waals surface area contributed by atoms with Crippen molar-refractivity contribution in [1.82, 2.24) is 9.88 Å². The summed E-state index contributed by atoms with van der Waals surface area (Å²) in [7, 11) is 0. The number of hydrogen-bond donors (Lipinski definition) is 1. The second kappa shape index (κ2) is 11.7. The van der Waals surface area contributed by atoms with Crippen molar-refractivity contribution in [2.24, 2.45) is 0 Å². The first-order valence-corrected chi connectivity index (χ1v) is 13.3. The topological polar surface area (TPSA) is 106 Å². The minimum Gasteiger partial charge on any atom is -0.507 e. The summed E-state index contributed by atoms with van der Waals surface area (Å²) in [5.41, 5.74) is 2.66. The highest BCUT2D eigenvalue weighted by atomic mass is 16.5. The molecule has 8 nitrogen and oxygen atoms in total. The third-order valence-electron chi connectivity index (χ3n) is 6.72. The highest BCUT2D eigenvalue weighted by Gasteiger charge is 2.46. The van der Waals surface area contributed by atoms with E-state index in [2.05, 4.69) is 4.98 Å². The molecule has 1 aliphatic rings. The van der Waals surface area contributed by atoms with Gasteiger partial charge in [-0.2, -0.15) is 0 Å². The predicted molar refractivity (Wildman–Crippen MR) is 151 cm³/mol. The van der Waals surface area contributed by atoms with Gasteiger partial charge >= 0.3 is 5.97 Å². The largest absolute Gasteiger partial charge is 0.507 e. The van der Waals surface area contributed by atoms with E-state index in [1.165, 1.54) is 4.90 Å². The highest BCUT2D eigenvalue weighted by Crippen LogP contribution is 2.41. The van der Waals surface area contributed by atoms with E-state index in [1.807, 2.05) is 33.8 Å². The Labute approximate surface area is 234 Å². The number of Topliss-reactive ketones (excluding diaryl/α,β-unsaturated/α-hetero) is 1. The van der Waals surface area contributed by atoms with Gasteiger partial charge in [0.1, 0.15) is 11.5 Å². The Kier molecular flexibility index (Phi) is 8.38. The average Bonchev–Trinajstić information content (AvgIpc) is 3.18. The van der Waals surface area contributed by atoms with Crippen molar-refractivity contribution < 1.29 is 29.0 Å². The summed E-state index contributed by atoms with van der Waals surface area (Å²) < 4.78 is 10.9. The zero-order valence-electron chi connectivity index (χ0n) is 23.4. The molecule has 3 aromatic rings.